The van der Waals surface area contributed by atoms with Crippen molar-refractivity contribution in [2.24, 2.45) is 11.8 Å². The van der Waals surface area contributed by atoms with Crippen molar-refractivity contribution in [3.8, 4) is 0 Å². The highest BCUT2D eigenvalue weighted by Crippen LogP contribution is 2.37. The van der Waals surface area contributed by atoms with E-state index in [0.717, 1.165) is 12.8 Å². The SMILES string of the molecule is O=C1OCCC2CCCC12. The Labute approximate surface area is 60.6 Å². The summed E-state index contributed by atoms with van der Waals surface area (Å²) in [4.78, 5) is 11.1. The minimum atomic E-state index is 0.0637. The number of rotatable bonds is 0. The molecule has 2 aliphatic rings. The third-order valence-electron chi connectivity index (χ3n) is 2.69. The second-order valence-electron chi connectivity index (χ2n) is 3.25. The molecule has 2 nitrogen and oxygen atoms in total. The average Bonchev–Trinajstić information content (AvgIpc) is 2.36. The van der Waals surface area contributed by atoms with Gasteiger partial charge < -0.3 is 4.74 Å². The lowest BCUT2D eigenvalue weighted by Gasteiger charge is -2.23. The molecule has 0 aromatic carbocycles. The normalized spacial score (nSPS) is 39.0. The van der Waals surface area contributed by atoms with Crippen LogP contribution in [-0.2, 0) is 9.53 Å². The van der Waals surface area contributed by atoms with Gasteiger partial charge in [-0.15, -0.1) is 0 Å². The minimum Gasteiger partial charge on any atom is -0.465 e. The zero-order valence-corrected chi connectivity index (χ0v) is 6.01. The molecule has 0 radical (unpaired) electrons. The van der Waals surface area contributed by atoms with E-state index < -0.39 is 0 Å². The van der Waals surface area contributed by atoms with Crippen LogP contribution in [0.15, 0.2) is 0 Å². The lowest BCUT2D eigenvalue weighted by Crippen LogP contribution is -2.28. The molecule has 2 fully saturated rings. The maximum absolute atomic E-state index is 11.1. The summed E-state index contributed by atoms with van der Waals surface area (Å²) in [7, 11) is 0. The summed E-state index contributed by atoms with van der Waals surface area (Å²) in [5.41, 5.74) is 0. The van der Waals surface area contributed by atoms with Crippen LogP contribution in [0.4, 0.5) is 0 Å². The highest BCUT2D eigenvalue weighted by Gasteiger charge is 2.36. The molecule has 56 valence electrons. The molecule has 1 saturated carbocycles. The Bertz CT molecular complexity index is 153. The van der Waals surface area contributed by atoms with E-state index in [4.69, 9.17) is 4.74 Å². The van der Waals surface area contributed by atoms with E-state index in [1.165, 1.54) is 12.8 Å². The van der Waals surface area contributed by atoms with Crippen molar-refractivity contribution < 1.29 is 9.53 Å². The molecule has 0 spiro atoms. The Morgan fingerprint density at radius 2 is 2.20 bits per heavy atom. The Balaban J connectivity index is 2.10. The molecule has 2 atom stereocenters. The van der Waals surface area contributed by atoms with Crippen molar-refractivity contribution >= 4 is 5.97 Å². The molecule has 1 saturated heterocycles. The first kappa shape index (κ1) is 6.20. The van der Waals surface area contributed by atoms with Crippen LogP contribution in [0, 0.1) is 11.8 Å². The number of carbonyl (C=O) groups excluding carboxylic acids is 1. The number of ether oxygens (including phenoxy) is 1. The molecule has 0 aromatic heterocycles. The standard InChI is InChI=1S/C8H12O2/c9-8-7-3-1-2-6(7)4-5-10-8/h6-7H,1-5H2. The lowest BCUT2D eigenvalue weighted by molar-refractivity contribution is -0.155. The molecule has 1 aliphatic carbocycles. The van der Waals surface area contributed by atoms with Gasteiger partial charge >= 0.3 is 5.97 Å². The molecule has 2 unspecified atom stereocenters. The van der Waals surface area contributed by atoms with Gasteiger partial charge in [-0.1, -0.05) is 6.42 Å². The van der Waals surface area contributed by atoms with Crippen LogP contribution in [0.1, 0.15) is 25.7 Å². The van der Waals surface area contributed by atoms with Gasteiger partial charge in [0, 0.05) is 0 Å². The summed E-state index contributed by atoms with van der Waals surface area (Å²) in [5, 5.41) is 0. The topological polar surface area (TPSA) is 26.3 Å². The van der Waals surface area contributed by atoms with Crippen molar-refractivity contribution in [1.29, 1.82) is 0 Å². The average molecular weight is 140 g/mol. The first-order valence-electron chi connectivity index (χ1n) is 4.04. The van der Waals surface area contributed by atoms with Gasteiger partial charge in [-0.25, -0.2) is 0 Å². The van der Waals surface area contributed by atoms with Crippen molar-refractivity contribution in [2.75, 3.05) is 6.61 Å². The van der Waals surface area contributed by atoms with Gasteiger partial charge in [-0.2, -0.15) is 0 Å². The second kappa shape index (κ2) is 2.26. The van der Waals surface area contributed by atoms with Crippen LogP contribution in [0.5, 0.6) is 0 Å². The summed E-state index contributed by atoms with van der Waals surface area (Å²) < 4.78 is 4.95. The van der Waals surface area contributed by atoms with Crippen molar-refractivity contribution in [3.05, 3.63) is 0 Å². The van der Waals surface area contributed by atoms with E-state index in [0.29, 0.717) is 12.5 Å². The Kier molecular flexibility index (Phi) is 1.40. The van der Waals surface area contributed by atoms with E-state index >= 15 is 0 Å². The number of fused-ring (bicyclic) bond motifs is 1. The quantitative estimate of drug-likeness (QED) is 0.475. The summed E-state index contributed by atoms with van der Waals surface area (Å²) in [6.45, 7) is 0.667. The van der Waals surface area contributed by atoms with Crippen LogP contribution in [-0.4, -0.2) is 12.6 Å². The Morgan fingerprint density at radius 1 is 1.30 bits per heavy atom. The number of hydrogen-bond acceptors (Lipinski definition) is 2. The number of cyclic esters (lactones) is 1. The monoisotopic (exact) mass is 140 g/mol. The van der Waals surface area contributed by atoms with E-state index in [-0.39, 0.29) is 11.9 Å². The van der Waals surface area contributed by atoms with E-state index in [9.17, 15) is 4.79 Å². The van der Waals surface area contributed by atoms with Crippen LogP contribution in [0.3, 0.4) is 0 Å². The molecule has 1 aliphatic heterocycles. The van der Waals surface area contributed by atoms with Crippen molar-refractivity contribution in [1.82, 2.24) is 0 Å². The second-order valence-corrected chi connectivity index (χ2v) is 3.25. The predicted molar refractivity (Wildman–Crippen MR) is 36.4 cm³/mol. The molecule has 1 heterocycles. The van der Waals surface area contributed by atoms with Crippen molar-refractivity contribution in [2.45, 2.75) is 25.7 Å². The van der Waals surface area contributed by atoms with Gasteiger partial charge in [-0.05, 0) is 25.2 Å². The zero-order valence-electron chi connectivity index (χ0n) is 6.01. The lowest BCUT2D eigenvalue weighted by atomic mass is 9.91. The molecule has 2 rings (SSSR count). The largest absolute Gasteiger partial charge is 0.465 e. The fourth-order valence-corrected chi connectivity index (χ4v) is 2.11. The number of esters is 1. The molecule has 0 bridgehead atoms. The molecular weight excluding hydrogens is 128 g/mol. The number of carbonyl (C=O) groups is 1. The first-order chi connectivity index (χ1) is 4.88. The highest BCUT2D eigenvalue weighted by atomic mass is 16.5. The molecule has 0 N–H and O–H groups in total. The predicted octanol–water partition coefficient (Wildman–Crippen LogP) is 1.35. The van der Waals surface area contributed by atoms with Gasteiger partial charge in [0.15, 0.2) is 0 Å². The highest BCUT2D eigenvalue weighted by molar-refractivity contribution is 5.73. The summed E-state index contributed by atoms with van der Waals surface area (Å²) in [6, 6.07) is 0. The first-order valence-corrected chi connectivity index (χ1v) is 4.04. The third kappa shape index (κ3) is 0.825. The maximum Gasteiger partial charge on any atom is 0.309 e. The van der Waals surface area contributed by atoms with Gasteiger partial charge in [-0.3, -0.25) is 4.79 Å². The van der Waals surface area contributed by atoms with Gasteiger partial charge in [0.2, 0.25) is 0 Å². The zero-order chi connectivity index (χ0) is 6.97. The molecule has 10 heavy (non-hydrogen) atoms. The maximum atomic E-state index is 11.1. The van der Waals surface area contributed by atoms with Crippen LogP contribution in [0.25, 0.3) is 0 Å². The van der Waals surface area contributed by atoms with E-state index in [1.807, 2.05) is 0 Å². The van der Waals surface area contributed by atoms with Crippen LogP contribution in [0.2, 0.25) is 0 Å². The van der Waals surface area contributed by atoms with Gasteiger partial charge in [0.25, 0.3) is 0 Å². The molecule has 0 amide bonds. The molecular formula is C8H12O2. The summed E-state index contributed by atoms with van der Waals surface area (Å²) in [5.74, 6) is 1.00. The van der Waals surface area contributed by atoms with E-state index in [1.54, 1.807) is 0 Å². The fraction of sp³-hybridized carbons (Fsp3) is 0.875. The van der Waals surface area contributed by atoms with Crippen molar-refractivity contribution in [3.63, 3.8) is 0 Å². The fourth-order valence-electron chi connectivity index (χ4n) is 2.11. The number of hydrogen-bond donors (Lipinski definition) is 0. The van der Waals surface area contributed by atoms with Crippen LogP contribution >= 0.6 is 0 Å². The van der Waals surface area contributed by atoms with E-state index in [2.05, 4.69) is 0 Å². The molecule has 0 aromatic rings. The summed E-state index contributed by atoms with van der Waals surface area (Å²) >= 11 is 0. The molecule has 2 heteroatoms. The van der Waals surface area contributed by atoms with Gasteiger partial charge in [0.05, 0.1) is 12.5 Å². The Hall–Kier alpha value is -0.530. The smallest absolute Gasteiger partial charge is 0.309 e. The summed E-state index contributed by atoms with van der Waals surface area (Å²) in [6.07, 6.45) is 4.66. The third-order valence-corrected chi connectivity index (χ3v) is 2.69. The van der Waals surface area contributed by atoms with Crippen LogP contribution < -0.4 is 0 Å². The van der Waals surface area contributed by atoms with Gasteiger partial charge in [0.1, 0.15) is 0 Å². The minimum absolute atomic E-state index is 0.0637. The Morgan fingerprint density at radius 3 is 3.00 bits per heavy atom.